The van der Waals surface area contributed by atoms with Gasteiger partial charge in [0.15, 0.2) is 0 Å². The Morgan fingerprint density at radius 3 is 2.00 bits per heavy atom. The second kappa shape index (κ2) is 9.32. The van der Waals surface area contributed by atoms with Crippen LogP contribution in [0, 0.1) is 0 Å². The molecule has 0 atom stereocenters. The van der Waals surface area contributed by atoms with Crippen molar-refractivity contribution in [3.8, 4) is 0 Å². The Hall–Kier alpha value is 0.351. The molecule has 0 aliphatic heterocycles. The van der Waals surface area contributed by atoms with Crippen molar-refractivity contribution in [3.63, 3.8) is 0 Å². The highest BCUT2D eigenvalue weighted by molar-refractivity contribution is 6.83. The number of hydrogen-bond acceptors (Lipinski definition) is 1. The van der Waals surface area contributed by atoms with Gasteiger partial charge in [0.1, 0.15) is 0 Å². The summed E-state index contributed by atoms with van der Waals surface area (Å²) in [5, 5.41) is 10.7. The fourth-order valence-corrected chi connectivity index (χ4v) is 14.9. The molecule has 0 rings (SSSR count). The molecule has 19 heavy (non-hydrogen) atoms. The lowest BCUT2D eigenvalue weighted by molar-refractivity contribution is 0.294. The molecule has 0 aromatic rings. The molecular formula is C15H36OSi3. The highest BCUT2D eigenvalue weighted by Crippen LogP contribution is 2.27. The zero-order chi connectivity index (χ0) is 14.9. The summed E-state index contributed by atoms with van der Waals surface area (Å²) in [7, 11) is -1.91. The normalized spacial score (nSPS) is 14.6. The van der Waals surface area contributed by atoms with Crippen molar-refractivity contribution >= 4 is 25.7 Å². The molecule has 114 valence electrons. The Morgan fingerprint density at radius 2 is 1.53 bits per heavy atom. The molecule has 0 aromatic carbocycles. The van der Waals surface area contributed by atoms with Crippen LogP contribution in [0.15, 0.2) is 11.3 Å². The summed E-state index contributed by atoms with van der Waals surface area (Å²) in [4.78, 5) is 0. The number of aliphatic hydroxyl groups excluding tert-OH is 1. The first-order chi connectivity index (χ1) is 8.72. The third kappa shape index (κ3) is 10.8. The summed E-state index contributed by atoms with van der Waals surface area (Å²) >= 11 is 0. The number of aliphatic hydroxyl groups is 1. The highest BCUT2D eigenvalue weighted by Gasteiger charge is 2.26. The van der Waals surface area contributed by atoms with Gasteiger partial charge in [-0.25, -0.2) is 0 Å². The quantitative estimate of drug-likeness (QED) is 0.596. The van der Waals surface area contributed by atoms with Gasteiger partial charge in [-0.05, 0) is 20.3 Å². The van der Waals surface area contributed by atoms with Crippen molar-refractivity contribution in [1.29, 1.82) is 0 Å². The van der Waals surface area contributed by atoms with E-state index in [4.69, 9.17) is 5.11 Å². The van der Waals surface area contributed by atoms with Gasteiger partial charge in [-0.3, -0.25) is 0 Å². The van der Waals surface area contributed by atoms with Crippen LogP contribution in [0.5, 0.6) is 0 Å². The Kier molecular flexibility index (Phi) is 9.49. The first kappa shape index (κ1) is 19.4. The summed E-state index contributed by atoms with van der Waals surface area (Å²) in [6.45, 7) is 15.1. The van der Waals surface area contributed by atoms with Gasteiger partial charge in [0, 0.05) is 32.3 Å². The number of hydrogen-bond donors (Lipinski definition) is 1. The molecule has 1 nitrogen and oxygen atoms in total. The van der Waals surface area contributed by atoms with E-state index in [1.807, 2.05) is 0 Å². The minimum atomic E-state index is -1.03. The largest absolute Gasteiger partial charge is 0.396 e. The summed E-state index contributed by atoms with van der Waals surface area (Å²) in [5.74, 6) is 0. The average Bonchev–Trinajstić information content (AvgIpc) is 2.34. The van der Waals surface area contributed by atoms with E-state index in [1.54, 1.807) is 5.20 Å². The van der Waals surface area contributed by atoms with Gasteiger partial charge in [-0.15, -0.1) is 0 Å². The first-order valence-corrected chi connectivity index (χ1v) is 16.5. The third-order valence-corrected chi connectivity index (χ3v) is 14.1. The van der Waals surface area contributed by atoms with Crippen LogP contribution >= 0.6 is 0 Å². The van der Waals surface area contributed by atoms with Gasteiger partial charge in [0.25, 0.3) is 0 Å². The smallest absolute Gasteiger partial charge is 0.0485 e. The lowest BCUT2D eigenvalue weighted by atomic mass is 10.5. The molecule has 0 heterocycles. The van der Waals surface area contributed by atoms with Crippen LogP contribution < -0.4 is 0 Å². The predicted molar refractivity (Wildman–Crippen MR) is 98.7 cm³/mol. The van der Waals surface area contributed by atoms with Gasteiger partial charge in [0.05, 0.1) is 0 Å². The zero-order valence-electron chi connectivity index (χ0n) is 14.2. The molecule has 0 spiro atoms. The molecule has 0 aromatic heterocycles. The molecule has 0 unspecified atom stereocenters. The lowest BCUT2D eigenvalue weighted by Crippen LogP contribution is -2.32. The zero-order valence-corrected chi connectivity index (χ0v) is 17.6. The SMILES string of the molecule is CC=C(C)[SiH2]CC[Si](C)(C)CC[Si](C)(C)CCCO. The van der Waals surface area contributed by atoms with Gasteiger partial charge in [0.2, 0.25) is 0 Å². The van der Waals surface area contributed by atoms with E-state index < -0.39 is 16.1 Å². The second-order valence-electron chi connectivity index (χ2n) is 7.64. The monoisotopic (exact) mass is 316 g/mol. The highest BCUT2D eigenvalue weighted by atomic mass is 28.3. The molecule has 0 fully saturated rings. The van der Waals surface area contributed by atoms with Crippen LogP contribution in [0.4, 0.5) is 0 Å². The maximum Gasteiger partial charge on any atom is 0.0485 e. The van der Waals surface area contributed by atoms with Crippen molar-refractivity contribution in [1.82, 2.24) is 0 Å². The first-order valence-electron chi connectivity index (χ1n) is 7.95. The van der Waals surface area contributed by atoms with E-state index in [2.05, 4.69) is 46.1 Å². The Balaban J connectivity index is 4.01. The Morgan fingerprint density at radius 1 is 1.00 bits per heavy atom. The molecule has 0 saturated carbocycles. The molecule has 0 bridgehead atoms. The Labute approximate surface area is 125 Å². The van der Waals surface area contributed by atoms with Gasteiger partial charge >= 0.3 is 0 Å². The summed E-state index contributed by atoms with van der Waals surface area (Å²) in [6, 6.07) is 7.36. The van der Waals surface area contributed by atoms with Crippen LogP contribution in [-0.2, 0) is 0 Å². The fraction of sp³-hybridized carbons (Fsp3) is 0.867. The maximum absolute atomic E-state index is 8.98. The van der Waals surface area contributed by atoms with Crippen LogP contribution in [0.1, 0.15) is 20.3 Å². The van der Waals surface area contributed by atoms with Crippen LogP contribution in [0.25, 0.3) is 0 Å². The van der Waals surface area contributed by atoms with E-state index in [0.29, 0.717) is 6.61 Å². The maximum atomic E-state index is 8.98. The molecule has 0 aliphatic rings. The van der Waals surface area contributed by atoms with Crippen molar-refractivity contribution in [2.24, 2.45) is 0 Å². The molecule has 0 aliphatic carbocycles. The van der Waals surface area contributed by atoms with Crippen molar-refractivity contribution < 1.29 is 5.11 Å². The molecular weight excluding hydrogens is 280 g/mol. The lowest BCUT2D eigenvalue weighted by Gasteiger charge is -2.28. The van der Waals surface area contributed by atoms with E-state index in [-0.39, 0.29) is 9.52 Å². The standard InChI is InChI=1S/C15H36OSi3/c1-7-15(2)17-10-12-19(5,6)14-13-18(3,4)11-8-9-16/h7,16H,8-14,17H2,1-6H3. The fourth-order valence-electron chi connectivity index (χ4n) is 2.47. The summed E-state index contributed by atoms with van der Waals surface area (Å²) in [6.07, 6.45) is 3.33. The molecule has 0 saturated heterocycles. The molecule has 1 N–H and O–H groups in total. The minimum Gasteiger partial charge on any atom is -0.396 e. The number of allylic oxidation sites excluding steroid dienone is 2. The van der Waals surface area contributed by atoms with Crippen LogP contribution in [0.2, 0.25) is 56.4 Å². The van der Waals surface area contributed by atoms with Crippen molar-refractivity contribution in [3.05, 3.63) is 11.3 Å². The third-order valence-electron chi connectivity index (χ3n) is 4.41. The minimum absolute atomic E-state index is 0.0655. The second-order valence-corrected chi connectivity index (χ2v) is 20.6. The van der Waals surface area contributed by atoms with E-state index in [1.165, 1.54) is 30.2 Å². The van der Waals surface area contributed by atoms with Crippen molar-refractivity contribution in [2.75, 3.05) is 6.61 Å². The number of rotatable bonds is 10. The summed E-state index contributed by atoms with van der Waals surface area (Å²) < 4.78 is 0. The molecule has 4 heteroatoms. The molecule has 0 radical (unpaired) electrons. The van der Waals surface area contributed by atoms with Gasteiger partial charge < -0.3 is 5.11 Å². The van der Waals surface area contributed by atoms with E-state index in [0.717, 1.165) is 6.42 Å². The van der Waals surface area contributed by atoms with Crippen LogP contribution in [-0.4, -0.2) is 37.4 Å². The predicted octanol–water partition coefficient (Wildman–Crippen LogP) is 4.30. The van der Waals surface area contributed by atoms with Gasteiger partial charge in [-0.1, -0.05) is 67.7 Å². The van der Waals surface area contributed by atoms with Gasteiger partial charge in [-0.2, -0.15) is 0 Å². The van der Waals surface area contributed by atoms with E-state index in [9.17, 15) is 0 Å². The van der Waals surface area contributed by atoms with E-state index >= 15 is 0 Å². The molecule has 0 amide bonds. The topological polar surface area (TPSA) is 20.2 Å². The Bertz CT molecular complexity index is 273. The summed E-state index contributed by atoms with van der Waals surface area (Å²) in [5.41, 5.74) is 0. The van der Waals surface area contributed by atoms with Crippen molar-refractivity contribution in [2.45, 2.75) is 76.7 Å². The van der Waals surface area contributed by atoms with Crippen LogP contribution in [0.3, 0.4) is 0 Å². The average molecular weight is 317 g/mol.